The Morgan fingerprint density at radius 2 is 2.00 bits per heavy atom. The zero-order chi connectivity index (χ0) is 16.7. The summed E-state index contributed by atoms with van der Waals surface area (Å²) in [5.41, 5.74) is 5.88. The predicted octanol–water partition coefficient (Wildman–Crippen LogP) is 2.46. The molecule has 24 heavy (non-hydrogen) atoms. The van der Waals surface area contributed by atoms with Crippen LogP contribution < -0.4 is 0 Å². The Kier molecular flexibility index (Phi) is 3.84. The highest BCUT2D eigenvalue weighted by Gasteiger charge is 2.23. The average Bonchev–Trinajstić information content (AvgIpc) is 3.11. The molecular weight excluding hydrogens is 300 g/mol. The van der Waals surface area contributed by atoms with Crippen LogP contribution in [-0.4, -0.2) is 42.4 Å². The second-order valence-corrected chi connectivity index (χ2v) is 6.85. The van der Waals surface area contributed by atoms with Crippen molar-refractivity contribution in [3.63, 3.8) is 0 Å². The molecule has 0 bridgehead atoms. The molecule has 126 valence electrons. The second-order valence-electron chi connectivity index (χ2n) is 6.85. The normalized spacial score (nSPS) is 17.0. The largest absolute Gasteiger partial charge is 0.299 e. The molecule has 0 unspecified atom stereocenters. The first-order valence-corrected chi connectivity index (χ1v) is 8.63. The van der Waals surface area contributed by atoms with Crippen molar-refractivity contribution in [3.8, 4) is 0 Å². The van der Waals surface area contributed by atoms with Gasteiger partial charge in [0.2, 0.25) is 0 Å². The van der Waals surface area contributed by atoms with Crippen LogP contribution in [0.2, 0.25) is 0 Å². The van der Waals surface area contributed by atoms with Crippen LogP contribution in [0.25, 0.3) is 5.65 Å². The summed E-state index contributed by atoms with van der Waals surface area (Å²) >= 11 is 0. The molecule has 0 aromatic carbocycles. The van der Waals surface area contributed by atoms with Crippen molar-refractivity contribution in [2.75, 3.05) is 13.1 Å². The molecule has 0 aliphatic carbocycles. The highest BCUT2D eigenvalue weighted by atomic mass is 15.3. The fourth-order valence-corrected chi connectivity index (χ4v) is 3.66. The summed E-state index contributed by atoms with van der Waals surface area (Å²) in [6, 6.07) is 4.18. The molecule has 0 atom stereocenters. The molecule has 0 radical (unpaired) electrons. The summed E-state index contributed by atoms with van der Waals surface area (Å²) in [6.07, 6.45) is 6.24. The number of rotatable bonds is 3. The van der Waals surface area contributed by atoms with Gasteiger partial charge >= 0.3 is 0 Å². The summed E-state index contributed by atoms with van der Waals surface area (Å²) < 4.78 is 3.98. The number of nitrogens with zero attached hydrogens (tertiary/aromatic N) is 6. The first kappa shape index (κ1) is 15.3. The van der Waals surface area contributed by atoms with Gasteiger partial charge in [0.15, 0.2) is 5.65 Å². The summed E-state index contributed by atoms with van der Waals surface area (Å²) in [4.78, 5) is 6.96. The number of aryl methyl sites for hydroxylation is 2. The van der Waals surface area contributed by atoms with Crippen molar-refractivity contribution < 1.29 is 0 Å². The summed E-state index contributed by atoms with van der Waals surface area (Å²) in [5.74, 6) is 0.557. The zero-order valence-corrected chi connectivity index (χ0v) is 14.6. The van der Waals surface area contributed by atoms with E-state index in [0.717, 1.165) is 43.8 Å². The van der Waals surface area contributed by atoms with E-state index < -0.39 is 0 Å². The van der Waals surface area contributed by atoms with E-state index >= 15 is 0 Å². The van der Waals surface area contributed by atoms with Crippen LogP contribution in [0.5, 0.6) is 0 Å². The van der Waals surface area contributed by atoms with Gasteiger partial charge in [0, 0.05) is 48.7 Å². The first-order chi connectivity index (χ1) is 11.6. The molecule has 4 heterocycles. The number of fused-ring (bicyclic) bond motifs is 1. The van der Waals surface area contributed by atoms with Gasteiger partial charge in [-0.25, -0.2) is 9.50 Å². The molecule has 6 nitrogen and oxygen atoms in total. The van der Waals surface area contributed by atoms with Gasteiger partial charge in [-0.2, -0.15) is 10.2 Å². The van der Waals surface area contributed by atoms with Crippen molar-refractivity contribution in [2.24, 2.45) is 7.05 Å². The monoisotopic (exact) mass is 324 g/mol. The molecule has 1 saturated heterocycles. The fraction of sp³-hybridized carbons (Fsp3) is 0.500. The standard InChI is InChI=1S/C18H24N6/c1-13-10-18-19-7-4-17(24(18)21-13)15-5-8-23(9-6-15)12-16-11-20-22(3)14(16)2/h4,7,10-11,15H,5-6,8-9,12H2,1-3H3. The van der Waals surface area contributed by atoms with Gasteiger partial charge in [-0.15, -0.1) is 0 Å². The van der Waals surface area contributed by atoms with E-state index in [1.165, 1.54) is 17.0 Å². The van der Waals surface area contributed by atoms with E-state index in [-0.39, 0.29) is 0 Å². The van der Waals surface area contributed by atoms with E-state index in [0.29, 0.717) is 5.92 Å². The predicted molar refractivity (Wildman–Crippen MR) is 92.9 cm³/mol. The lowest BCUT2D eigenvalue weighted by Gasteiger charge is -2.32. The van der Waals surface area contributed by atoms with E-state index in [1.54, 1.807) is 0 Å². The smallest absolute Gasteiger partial charge is 0.155 e. The van der Waals surface area contributed by atoms with E-state index in [1.807, 2.05) is 41.6 Å². The molecule has 6 heteroatoms. The van der Waals surface area contributed by atoms with Crippen LogP contribution in [0.15, 0.2) is 24.5 Å². The van der Waals surface area contributed by atoms with Crippen LogP contribution in [0.3, 0.4) is 0 Å². The Hall–Kier alpha value is -2.21. The van der Waals surface area contributed by atoms with Crippen molar-refractivity contribution in [1.82, 2.24) is 29.3 Å². The van der Waals surface area contributed by atoms with Gasteiger partial charge in [-0.1, -0.05) is 0 Å². The Morgan fingerprint density at radius 1 is 1.21 bits per heavy atom. The zero-order valence-electron chi connectivity index (χ0n) is 14.6. The molecule has 1 aliphatic rings. The summed E-state index contributed by atoms with van der Waals surface area (Å²) in [5, 5.41) is 8.97. The highest BCUT2D eigenvalue weighted by molar-refractivity contribution is 5.40. The third-order valence-electron chi connectivity index (χ3n) is 5.25. The number of hydrogen-bond acceptors (Lipinski definition) is 4. The first-order valence-electron chi connectivity index (χ1n) is 8.63. The van der Waals surface area contributed by atoms with Crippen molar-refractivity contribution in [1.29, 1.82) is 0 Å². The molecular formula is C18H24N6. The van der Waals surface area contributed by atoms with E-state index in [9.17, 15) is 0 Å². The highest BCUT2D eigenvalue weighted by Crippen LogP contribution is 2.29. The Bertz CT molecular complexity index is 854. The van der Waals surface area contributed by atoms with Crippen LogP contribution in [0.4, 0.5) is 0 Å². The average molecular weight is 324 g/mol. The Labute approximate surface area is 142 Å². The molecule has 0 saturated carbocycles. The van der Waals surface area contributed by atoms with E-state index in [4.69, 9.17) is 0 Å². The van der Waals surface area contributed by atoms with Crippen LogP contribution in [0, 0.1) is 13.8 Å². The van der Waals surface area contributed by atoms with Crippen LogP contribution >= 0.6 is 0 Å². The lowest BCUT2D eigenvalue weighted by molar-refractivity contribution is 0.202. The maximum atomic E-state index is 4.62. The fourth-order valence-electron chi connectivity index (χ4n) is 3.66. The number of hydrogen-bond donors (Lipinski definition) is 0. The molecule has 1 aliphatic heterocycles. The van der Waals surface area contributed by atoms with Crippen molar-refractivity contribution >= 4 is 5.65 Å². The molecule has 3 aromatic heterocycles. The molecule has 0 N–H and O–H groups in total. The maximum Gasteiger partial charge on any atom is 0.155 e. The van der Waals surface area contributed by atoms with Gasteiger partial charge < -0.3 is 0 Å². The molecule has 4 rings (SSSR count). The van der Waals surface area contributed by atoms with Crippen LogP contribution in [0.1, 0.15) is 41.4 Å². The molecule has 3 aromatic rings. The minimum Gasteiger partial charge on any atom is -0.299 e. The quantitative estimate of drug-likeness (QED) is 0.742. The third kappa shape index (κ3) is 2.71. The Balaban J connectivity index is 1.46. The van der Waals surface area contributed by atoms with E-state index in [2.05, 4.69) is 33.1 Å². The number of piperidine rings is 1. The lowest BCUT2D eigenvalue weighted by Crippen LogP contribution is -2.33. The molecule has 0 amide bonds. The summed E-state index contributed by atoms with van der Waals surface area (Å²) in [7, 11) is 2.01. The second kappa shape index (κ2) is 6.02. The van der Waals surface area contributed by atoms with Crippen molar-refractivity contribution in [2.45, 2.75) is 39.2 Å². The number of aromatic nitrogens is 5. The van der Waals surface area contributed by atoms with Crippen molar-refractivity contribution in [3.05, 3.63) is 47.2 Å². The molecule has 1 fully saturated rings. The summed E-state index contributed by atoms with van der Waals surface area (Å²) in [6.45, 7) is 7.39. The minimum absolute atomic E-state index is 0.557. The Morgan fingerprint density at radius 3 is 2.71 bits per heavy atom. The van der Waals surface area contributed by atoms with Gasteiger partial charge in [0.05, 0.1) is 11.9 Å². The minimum atomic E-state index is 0.557. The van der Waals surface area contributed by atoms with Crippen LogP contribution in [-0.2, 0) is 13.6 Å². The SMILES string of the molecule is Cc1cc2nccc(C3CCN(Cc4cnn(C)c4C)CC3)n2n1. The number of likely N-dealkylation sites (tertiary alicyclic amines) is 1. The maximum absolute atomic E-state index is 4.62. The lowest BCUT2D eigenvalue weighted by atomic mass is 9.93. The van der Waals surface area contributed by atoms with Gasteiger partial charge in [0.1, 0.15) is 0 Å². The van der Waals surface area contributed by atoms with Gasteiger partial charge in [-0.05, 0) is 45.8 Å². The van der Waals surface area contributed by atoms with Gasteiger partial charge in [0.25, 0.3) is 0 Å². The van der Waals surface area contributed by atoms with Gasteiger partial charge in [-0.3, -0.25) is 9.58 Å². The topological polar surface area (TPSA) is 51.2 Å². The molecule has 0 spiro atoms. The third-order valence-corrected chi connectivity index (χ3v) is 5.25.